The lowest BCUT2D eigenvalue weighted by atomic mass is 10.2. The van der Waals surface area contributed by atoms with Crippen molar-refractivity contribution in [1.29, 1.82) is 0 Å². The maximum absolute atomic E-state index is 12.4. The molecule has 1 aromatic heterocycles. The molecule has 0 unspecified atom stereocenters. The monoisotopic (exact) mass is 397 g/mol. The molecule has 0 saturated carbocycles. The molecule has 2 heterocycles. The Morgan fingerprint density at radius 3 is 2.83 bits per heavy atom. The van der Waals surface area contributed by atoms with Gasteiger partial charge in [-0.2, -0.15) is 0 Å². The van der Waals surface area contributed by atoms with Crippen LogP contribution >= 0.6 is 47.2 Å². The quantitative estimate of drug-likeness (QED) is 0.477. The lowest BCUT2D eigenvalue weighted by molar-refractivity contribution is -0.122. The Balaban J connectivity index is 1.88. The van der Waals surface area contributed by atoms with Gasteiger partial charge in [0.2, 0.25) is 0 Å². The molecule has 1 amide bonds. The van der Waals surface area contributed by atoms with E-state index in [4.69, 9.17) is 39.8 Å². The smallest absolute Gasteiger partial charge is 0.266 e. The number of carbonyl (C=O) groups is 1. The average Bonchev–Trinajstić information content (AvgIpc) is 3.11. The molecule has 1 saturated heterocycles. The fourth-order valence-electron chi connectivity index (χ4n) is 2.31. The first-order valence-corrected chi connectivity index (χ1v) is 9.29. The number of thiocarbonyl (C=S) groups is 1. The largest absolute Gasteiger partial charge is 0.457 e. The predicted molar refractivity (Wildman–Crippen MR) is 104 cm³/mol. The van der Waals surface area contributed by atoms with Crippen LogP contribution in [-0.2, 0) is 4.79 Å². The zero-order chi connectivity index (χ0) is 17.3. The van der Waals surface area contributed by atoms with E-state index in [9.17, 15) is 4.79 Å². The Kier molecular flexibility index (Phi) is 5.35. The number of carbonyl (C=O) groups excluding carboxylic acids is 1. The van der Waals surface area contributed by atoms with E-state index in [1.54, 1.807) is 29.2 Å². The van der Waals surface area contributed by atoms with Crippen LogP contribution in [-0.4, -0.2) is 21.7 Å². The van der Waals surface area contributed by atoms with E-state index in [1.807, 2.05) is 19.1 Å². The fraction of sp³-hybridized carbons (Fsp3) is 0.176. The van der Waals surface area contributed by atoms with Crippen LogP contribution in [0.25, 0.3) is 17.4 Å². The highest BCUT2D eigenvalue weighted by Gasteiger charge is 2.31. The number of nitrogens with zero attached hydrogens (tertiary/aromatic N) is 1. The van der Waals surface area contributed by atoms with Crippen molar-refractivity contribution < 1.29 is 9.21 Å². The SMILES string of the molecule is CCCN1C(=O)/C(=C/c2ccc(-c3cccc(Cl)c3Cl)o2)SC1=S. The van der Waals surface area contributed by atoms with E-state index in [1.165, 1.54) is 11.8 Å². The second-order valence-electron chi connectivity index (χ2n) is 5.14. The van der Waals surface area contributed by atoms with Gasteiger partial charge in [-0.25, -0.2) is 0 Å². The summed E-state index contributed by atoms with van der Waals surface area (Å²) in [6.45, 7) is 2.64. The molecule has 24 heavy (non-hydrogen) atoms. The first kappa shape index (κ1) is 17.5. The normalized spacial score (nSPS) is 16.5. The fourth-order valence-corrected chi connectivity index (χ4v) is 4.00. The minimum absolute atomic E-state index is 0.0782. The summed E-state index contributed by atoms with van der Waals surface area (Å²) in [6, 6.07) is 8.95. The number of furan rings is 1. The number of amides is 1. The predicted octanol–water partition coefficient (Wildman–Crippen LogP) is 5.86. The Morgan fingerprint density at radius 2 is 2.08 bits per heavy atom. The number of halogens is 2. The molecular weight excluding hydrogens is 385 g/mol. The van der Waals surface area contributed by atoms with Gasteiger partial charge < -0.3 is 4.42 Å². The molecule has 2 aromatic rings. The minimum atomic E-state index is -0.0782. The van der Waals surface area contributed by atoms with E-state index < -0.39 is 0 Å². The van der Waals surface area contributed by atoms with Gasteiger partial charge in [-0.1, -0.05) is 60.2 Å². The average molecular weight is 398 g/mol. The summed E-state index contributed by atoms with van der Waals surface area (Å²) in [5.41, 5.74) is 0.711. The van der Waals surface area contributed by atoms with E-state index in [-0.39, 0.29) is 5.91 Å². The molecule has 1 fully saturated rings. The highest BCUT2D eigenvalue weighted by Crippen LogP contribution is 2.36. The van der Waals surface area contributed by atoms with Gasteiger partial charge in [-0.05, 0) is 30.7 Å². The van der Waals surface area contributed by atoms with Crippen molar-refractivity contribution in [2.24, 2.45) is 0 Å². The lowest BCUT2D eigenvalue weighted by Gasteiger charge is -2.11. The highest BCUT2D eigenvalue weighted by molar-refractivity contribution is 8.26. The van der Waals surface area contributed by atoms with Gasteiger partial charge in [0, 0.05) is 18.2 Å². The second kappa shape index (κ2) is 7.31. The van der Waals surface area contributed by atoms with Gasteiger partial charge in [-0.15, -0.1) is 0 Å². The molecule has 124 valence electrons. The summed E-state index contributed by atoms with van der Waals surface area (Å²) in [4.78, 5) is 14.5. The van der Waals surface area contributed by atoms with Crippen molar-refractivity contribution in [2.75, 3.05) is 6.54 Å². The first-order valence-electron chi connectivity index (χ1n) is 7.31. The Morgan fingerprint density at radius 1 is 1.29 bits per heavy atom. The van der Waals surface area contributed by atoms with Crippen LogP contribution in [0.1, 0.15) is 19.1 Å². The van der Waals surface area contributed by atoms with Crippen molar-refractivity contribution in [1.82, 2.24) is 4.90 Å². The molecule has 0 bridgehead atoms. The van der Waals surface area contributed by atoms with Crippen molar-refractivity contribution >= 4 is 63.5 Å². The number of thioether (sulfide) groups is 1. The van der Waals surface area contributed by atoms with Gasteiger partial charge >= 0.3 is 0 Å². The highest BCUT2D eigenvalue weighted by atomic mass is 35.5. The molecule has 7 heteroatoms. The van der Waals surface area contributed by atoms with Gasteiger partial charge in [0.1, 0.15) is 15.8 Å². The van der Waals surface area contributed by atoms with Gasteiger partial charge in [-0.3, -0.25) is 9.69 Å². The molecule has 0 atom stereocenters. The number of benzene rings is 1. The molecule has 1 aromatic carbocycles. The van der Waals surface area contributed by atoms with Crippen LogP contribution in [0.3, 0.4) is 0 Å². The van der Waals surface area contributed by atoms with Gasteiger partial charge in [0.25, 0.3) is 5.91 Å². The van der Waals surface area contributed by atoms with Crippen molar-refractivity contribution in [3.05, 3.63) is 51.0 Å². The van der Waals surface area contributed by atoms with Crippen LogP contribution in [0.4, 0.5) is 0 Å². The van der Waals surface area contributed by atoms with Gasteiger partial charge in [0.05, 0.1) is 15.0 Å². The molecule has 3 rings (SSSR count). The summed E-state index contributed by atoms with van der Waals surface area (Å²) in [5, 5.41) is 0.905. The molecule has 3 nitrogen and oxygen atoms in total. The summed E-state index contributed by atoms with van der Waals surface area (Å²) < 4.78 is 6.38. The molecule has 0 N–H and O–H groups in total. The zero-order valence-corrected chi connectivity index (χ0v) is 15.9. The van der Waals surface area contributed by atoms with Crippen LogP contribution < -0.4 is 0 Å². The van der Waals surface area contributed by atoms with E-state index in [2.05, 4.69) is 0 Å². The standard InChI is InChI=1S/C17H13Cl2NO2S2/c1-2-8-20-16(21)14(24-17(20)23)9-10-6-7-13(22-10)11-4-3-5-12(18)15(11)19/h3-7,9H,2,8H2,1H3/b14-9-. The third kappa shape index (κ3) is 3.40. The number of hydrogen-bond donors (Lipinski definition) is 0. The minimum Gasteiger partial charge on any atom is -0.457 e. The summed E-state index contributed by atoms with van der Waals surface area (Å²) in [5.74, 6) is 1.08. The van der Waals surface area contributed by atoms with Crippen LogP contribution in [0.15, 0.2) is 39.7 Å². The van der Waals surface area contributed by atoms with E-state index in [0.29, 0.717) is 42.9 Å². The summed E-state index contributed by atoms with van der Waals surface area (Å²) >= 11 is 18.8. The summed E-state index contributed by atoms with van der Waals surface area (Å²) in [6.07, 6.45) is 2.56. The molecule has 0 spiro atoms. The first-order chi connectivity index (χ1) is 11.5. The van der Waals surface area contributed by atoms with Crippen molar-refractivity contribution in [3.63, 3.8) is 0 Å². The van der Waals surface area contributed by atoms with Crippen LogP contribution in [0, 0.1) is 0 Å². The maximum Gasteiger partial charge on any atom is 0.266 e. The lowest BCUT2D eigenvalue weighted by Crippen LogP contribution is -2.28. The Hall–Kier alpha value is -1.27. The third-order valence-corrected chi connectivity index (χ3v) is 5.63. The van der Waals surface area contributed by atoms with E-state index >= 15 is 0 Å². The van der Waals surface area contributed by atoms with Gasteiger partial charge in [0.15, 0.2) is 0 Å². The van der Waals surface area contributed by atoms with Crippen molar-refractivity contribution in [3.8, 4) is 11.3 Å². The Bertz CT molecular complexity index is 845. The third-order valence-electron chi connectivity index (χ3n) is 3.44. The van der Waals surface area contributed by atoms with Crippen molar-refractivity contribution in [2.45, 2.75) is 13.3 Å². The van der Waals surface area contributed by atoms with Crippen LogP contribution in [0.5, 0.6) is 0 Å². The molecule has 1 aliphatic heterocycles. The zero-order valence-electron chi connectivity index (χ0n) is 12.7. The molecule has 1 aliphatic rings. The van der Waals surface area contributed by atoms with Crippen LogP contribution in [0.2, 0.25) is 10.0 Å². The number of rotatable bonds is 4. The van der Waals surface area contributed by atoms with E-state index in [0.717, 1.165) is 6.42 Å². The molecule has 0 aliphatic carbocycles. The maximum atomic E-state index is 12.4. The Labute approximate surface area is 159 Å². The topological polar surface area (TPSA) is 33.5 Å². The second-order valence-corrected chi connectivity index (χ2v) is 7.60. The number of hydrogen-bond acceptors (Lipinski definition) is 4. The molecular formula is C17H13Cl2NO2S2. The summed E-state index contributed by atoms with van der Waals surface area (Å²) in [7, 11) is 0. The molecule has 0 radical (unpaired) electrons.